The minimum Gasteiger partial charge on any atom is -0.297 e. The molecule has 0 aromatic heterocycles. The number of ketones is 1. The Bertz CT molecular complexity index is 128. The van der Waals surface area contributed by atoms with E-state index in [2.05, 4.69) is 13.2 Å². The Balaban J connectivity index is 0. The fourth-order valence-corrected chi connectivity index (χ4v) is 0.0909. The van der Waals surface area contributed by atoms with E-state index >= 15 is 0 Å². The quantitative estimate of drug-likeness (QED) is 0.415. The molecule has 0 amide bonds. The summed E-state index contributed by atoms with van der Waals surface area (Å²) in [4.78, 5) is 10.0. The second-order valence-electron chi connectivity index (χ2n) is 1.10. The Morgan fingerprint density at radius 3 is 2.11 bits per heavy atom. The maximum absolute atomic E-state index is 10.0. The normalized spacial score (nSPS) is 9.89. The maximum Gasteiger partial charge on any atom is 0.178 e. The second-order valence-corrected chi connectivity index (χ2v) is 1.54. The van der Waals surface area contributed by atoms with Crippen molar-refractivity contribution in [2.75, 3.05) is 0 Å². The summed E-state index contributed by atoms with van der Waals surface area (Å²) in [5, 5.41) is 6.94. The Morgan fingerprint density at radius 1 is 1.78 bits per heavy atom. The number of Topliss-reactive ketones (excluding diaryl/α,β-unsaturated/α-hetero) is 1. The minimum absolute atomic E-state index is 0.302. The Labute approximate surface area is 59.7 Å². The van der Waals surface area contributed by atoms with Crippen LogP contribution in [0.25, 0.3) is 0 Å². The number of nitriles is 1. The lowest BCUT2D eigenvalue weighted by molar-refractivity contribution is -0.115. The van der Waals surface area contributed by atoms with Crippen molar-refractivity contribution in [3.8, 4) is 6.07 Å². The van der Waals surface area contributed by atoms with Crippen molar-refractivity contribution in [3.63, 3.8) is 0 Å². The molecular formula is C6H8ClNO. The van der Waals surface area contributed by atoms with Crippen molar-refractivity contribution >= 4 is 17.4 Å². The number of rotatable bonds is 1. The van der Waals surface area contributed by atoms with Gasteiger partial charge in [0.2, 0.25) is 0 Å². The lowest BCUT2D eigenvalue weighted by Gasteiger charge is -1.85. The lowest BCUT2D eigenvalue weighted by atomic mass is 10.3. The first-order chi connectivity index (χ1) is 4.18. The molecule has 0 bridgehead atoms. The van der Waals surface area contributed by atoms with Gasteiger partial charge in [0.15, 0.2) is 11.2 Å². The summed E-state index contributed by atoms with van der Waals surface area (Å²) >= 11 is 5.09. The molecule has 1 atom stereocenters. The van der Waals surface area contributed by atoms with Gasteiger partial charge in [-0.15, -0.1) is 13.2 Å². The summed E-state index contributed by atoms with van der Waals surface area (Å²) in [7, 11) is 0. The molecule has 0 fully saturated rings. The molecule has 0 aliphatic rings. The molecule has 0 saturated carbocycles. The zero-order valence-electron chi connectivity index (χ0n) is 5.22. The molecule has 0 aliphatic heterocycles. The van der Waals surface area contributed by atoms with Crippen LogP contribution in [0.3, 0.4) is 0 Å². The summed E-state index contributed by atoms with van der Waals surface area (Å²) < 4.78 is 0. The van der Waals surface area contributed by atoms with Crippen LogP contribution in [0.15, 0.2) is 13.2 Å². The van der Waals surface area contributed by atoms with E-state index in [4.69, 9.17) is 16.9 Å². The van der Waals surface area contributed by atoms with Gasteiger partial charge in [0.25, 0.3) is 0 Å². The fraction of sp³-hybridized carbons (Fsp3) is 0.333. The van der Waals surface area contributed by atoms with Gasteiger partial charge >= 0.3 is 0 Å². The van der Waals surface area contributed by atoms with Gasteiger partial charge in [-0.3, -0.25) is 4.79 Å². The number of hydrogen-bond donors (Lipinski definition) is 0. The maximum atomic E-state index is 10.0. The average molecular weight is 146 g/mol. The van der Waals surface area contributed by atoms with E-state index in [0.717, 1.165) is 0 Å². The van der Waals surface area contributed by atoms with Gasteiger partial charge in [-0.2, -0.15) is 5.26 Å². The summed E-state index contributed by atoms with van der Waals surface area (Å²) in [6.07, 6.45) is 0. The van der Waals surface area contributed by atoms with Gasteiger partial charge in [-0.25, -0.2) is 0 Å². The van der Waals surface area contributed by atoms with Gasteiger partial charge in [0, 0.05) is 0 Å². The summed E-state index contributed by atoms with van der Waals surface area (Å²) in [6, 6.07) is 1.58. The molecule has 50 valence electrons. The predicted octanol–water partition coefficient (Wildman–Crippen LogP) is 1.51. The number of hydrogen-bond acceptors (Lipinski definition) is 2. The standard InChI is InChI=1S/C4H4ClNO.C2H4/c1-3(7)4(5)2-6;1-2/h4H,1H3;1-2H2. The van der Waals surface area contributed by atoms with Crippen molar-refractivity contribution < 1.29 is 4.79 Å². The molecule has 0 saturated heterocycles. The molecule has 3 heteroatoms. The predicted molar refractivity (Wildman–Crippen MR) is 37.2 cm³/mol. The Morgan fingerprint density at radius 2 is 2.11 bits per heavy atom. The molecule has 9 heavy (non-hydrogen) atoms. The van der Waals surface area contributed by atoms with E-state index < -0.39 is 5.38 Å². The lowest BCUT2D eigenvalue weighted by Crippen LogP contribution is -2.05. The van der Waals surface area contributed by atoms with Crippen LogP contribution in [-0.4, -0.2) is 11.2 Å². The topological polar surface area (TPSA) is 40.9 Å². The van der Waals surface area contributed by atoms with Crippen molar-refractivity contribution in [2.24, 2.45) is 0 Å². The first-order valence-corrected chi connectivity index (χ1v) is 2.66. The van der Waals surface area contributed by atoms with Crippen LogP contribution in [0.5, 0.6) is 0 Å². The SMILES string of the molecule is C=C.CC(=O)C(Cl)C#N. The van der Waals surface area contributed by atoms with Crippen LogP contribution in [0.2, 0.25) is 0 Å². The van der Waals surface area contributed by atoms with Crippen LogP contribution in [0.4, 0.5) is 0 Å². The average Bonchev–Trinajstić information content (AvgIpc) is 1.91. The third-order valence-electron chi connectivity index (χ3n) is 0.470. The highest BCUT2D eigenvalue weighted by atomic mass is 35.5. The number of nitrogens with zero attached hydrogens (tertiary/aromatic N) is 1. The summed E-state index contributed by atoms with van der Waals surface area (Å²) in [5.74, 6) is -0.302. The number of carbonyl (C=O) groups is 1. The van der Waals surface area contributed by atoms with E-state index in [9.17, 15) is 4.79 Å². The largest absolute Gasteiger partial charge is 0.297 e. The van der Waals surface area contributed by atoms with Crippen molar-refractivity contribution in [1.29, 1.82) is 5.26 Å². The fourth-order valence-electron chi connectivity index (χ4n) is 0.0909. The van der Waals surface area contributed by atoms with Gasteiger partial charge in [-0.1, -0.05) is 11.6 Å². The van der Waals surface area contributed by atoms with Crippen molar-refractivity contribution in [2.45, 2.75) is 12.3 Å². The Kier molecular flexibility index (Phi) is 8.83. The van der Waals surface area contributed by atoms with Crippen LogP contribution < -0.4 is 0 Å². The van der Waals surface area contributed by atoms with Crippen molar-refractivity contribution in [3.05, 3.63) is 13.2 Å². The zero-order valence-corrected chi connectivity index (χ0v) is 5.98. The van der Waals surface area contributed by atoms with E-state index in [-0.39, 0.29) is 5.78 Å². The van der Waals surface area contributed by atoms with E-state index in [0.29, 0.717) is 0 Å². The smallest absolute Gasteiger partial charge is 0.178 e. The first-order valence-electron chi connectivity index (χ1n) is 2.22. The molecular weight excluding hydrogens is 138 g/mol. The van der Waals surface area contributed by atoms with Crippen molar-refractivity contribution in [1.82, 2.24) is 0 Å². The molecule has 0 aliphatic carbocycles. The summed E-state index contributed by atoms with van der Waals surface area (Å²) in [6.45, 7) is 7.28. The van der Waals surface area contributed by atoms with E-state index in [1.807, 2.05) is 0 Å². The summed E-state index contributed by atoms with van der Waals surface area (Å²) in [5.41, 5.74) is 0. The first kappa shape index (κ1) is 11.0. The highest BCUT2D eigenvalue weighted by molar-refractivity contribution is 6.32. The molecule has 0 spiro atoms. The molecule has 0 aromatic carbocycles. The Hall–Kier alpha value is -0.810. The van der Waals surface area contributed by atoms with Crippen LogP contribution in [0, 0.1) is 11.3 Å². The van der Waals surface area contributed by atoms with Gasteiger partial charge in [0.1, 0.15) is 0 Å². The molecule has 2 nitrogen and oxygen atoms in total. The zero-order chi connectivity index (χ0) is 7.86. The van der Waals surface area contributed by atoms with Gasteiger partial charge in [-0.05, 0) is 6.92 Å². The van der Waals surface area contributed by atoms with Crippen LogP contribution in [-0.2, 0) is 4.79 Å². The van der Waals surface area contributed by atoms with E-state index in [1.165, 1.54) is 6.92 Å². The molecule has 0 heterocycles. The van der Waals surface area contributed by atoms with Gasteiger partial charge in [0.05, 0.1) is 6.07 Å². The highest BCUT2D eigenvalue weighted by Gasteiger charge is 2.05. The molecule has 1 unspecified atom stereocenters. The third-order valence-corrected chi connectivity index (χ3v) is 0.875. The number of alkyl halides is 1. The highest BCUT2D eigenvalue weighted by Crippen LogP contribution is 1.91. The second kappa shape index (κ2) is 7.19. The molecule has 0 rings (SSSR count). The molecule has 0 aromatic rings. The van der Waals surface area contributed by atoms with Gasteiger partial charge < -0.3 is 0 Å². The van der Waals surface area contributed by atoms with Crippen LogP contribution in [0.1, 0.15) is 6.92 Å². The van der Waals surface area contributed by atoms with Crippen LogP contribution >= 0.6 is 11.6 Å². The molecule has 0 N–H and O–H groups in total. The third kappa shape index (κ3) is 7.19. The molecule has 0 radical (unpaired) electrons. The minimum atomic E-state index is -0.958. The van der Waals surface area contributed by atoms with E-state index in [1.54, 1.807) is 6.07 Å². The monoisotopic (exact) mass is 145 g/mol. The number of carbonyl (C=O) groups excluding carboxylic acids is 1. The number of halogens is 1.